The van der Waals surface area contributed by atoms with Gasteiger partial charge in [0.25, 0.3) is 0 Å². The van der Waals surface area contributed by atoms with Crippen molar-refractivity contribution in [3.8, 4) is 11.5 Å². The zero-order valence-electron chi connectivity index (χ0n) is 14.0. The number of fused-ring (bicyclic) bond motifs is 1. The molecule has 0 unspecified atom stereocenters. The van der Waals surface area contributed by atoms with Crippen molar-refractivity contribution in [3.05, 3.63) is 42.0 Å². The minimum absolute atomic E-state index is 0.102. The number of rotatable bonds is 3. The van der Waals surface area contributed by atoms with Crippen molar-refractivity contribution in [2.75, 3.05) is 19.9 Å². The molecule has 0 N–H and O–H groups in total. The first-order valence-electron chi connectivity index (χ1n) is 8.36. The summed E-state index contributed by atoms with van der Waals surface area (Å²) in [5.74, 6) is 1.65. The maximum absolute atomic E-state index is 11.9. The van der Waals surface area contributed by atoms with Crippen molar-refractivity contribution in [1.29, 1.82) is 0 Å². The van der Waals surface area contributed by atoms with Gasteiger partial charge in [-0.2, -0.15) is 0 Å². The van der Waals surface area contributed by atoms with Gasteiger partial charge in [0.1, 0.15) is 0 Å². The summed E-state index contributed by atoms with van der Waals surface area (Å²) in [6.07, 6.45) is 10.7. The summed E-state index contributed by atoms with van der Waals surface area (Å²) in [7, 11) is 0. The molecule has 0 spiro atoms. The largest absolute Gasteiger partial charge is 0.454 e. The van der Waals surface area contributed by atoms with Gasteiger partial charge in [0.15, 0.2) is 11.5 Å². The van der Waals surface area contributed by atoms with Crippen LogP contribution >= 0.6 is 0 Å². The first kappa shape index (κ1) is 17.1. The number of amides is 1. The van der Waals surface area contributed by atoms with Crippen LogP contribution in [0.5, 0.6) is 11.5 Å². The average Bonchev–Trinajstić information content (AvgIpc) is 3.09. The molecular weight excluding hydrogens is 290 g/mol. The van der Waals surface area contributed by atoms with Crippen LogP contribution < -0.4 is 9.47 Å². The SMILES string of the molecule is CC.O=C(/C=C/C=C/c1ccc2c(c1)OCO2)N1CCCCC1. The minimum atomic E-state index is 0.102. The first-order valence-corrected chi connectivity index (χ1v) is 8.36. The van der Waals surface area contributed by atoms with Crippen LogP contribution in [0.15, 0.2) is 36.4 Å². The summed E-state index contributed by atoms with van der Waals surface area (Å²) >= 11 is 0. The molecule has 1 fully saturated rings. The molecule has 4 nitrogen and oxygen atoms in total. The lowest BCUT2D eigenvalue weighted by molar-refractivity contribution is -0.126. The third-order valence-electron chi connectivity index (χ3n) is 3.70. The zero-order chi connectivity index (χ0) is 16.5. The van der Waals surface area contributed by atoms with E-state index in [1.165, 1.54) is 6.42 Å². The molecule has 0 radical (unpaired) electrons. The Labute approximate surface area is 138 Å². The van der Waals surface area contributed by atoms with Crippen LogP contribution in [0, 0.1) is 0 Å². The van der Waals surface area contributed by atoms with E-state index in [2.05, 4.69) is 0 Å². The lowest BCUT2D eigenvalue weighted by Gasteiger charge is -2.25. The summed E-state index contributed by atoms with van der Waals surface area (Å²) in [4.78, 5) is 13.8. The fraction of sp³-hybridized carbons (Fsp3) is 0.421. The molecular formula is C19H25NO3. The summed E-state index contributed by atoms with van der Waals surface area (Å²) in [5, 5.41) is 0. The van der Waals surface area contributed by atoms with Gasteiger partial charge < -0.3 is 14.4 Å². The average molecular weight is 315 g/mol. The molecule has 4 heteroatoms. The van der Waals surface area contributed by atoms with Crippen molar-refractivity contribution in [1.82, 2.24) is 4.90 Å². The normalized spacial score (nSPS) is 16.5. The Morgan fingerprint density at radius 3 is 2.57 bits per heavy atom. The van der Waals surface area contributed by atoms with E-state index in [9.17, 15) is 4.79 Å². The zero-order valence-corrected chi connectivity index (χ0v) is 14.0. The number of carbonyl (C=O) groups excluding carboxylic acids is 1. The van der Waals surface area contributed by atoms with Gasteiger partial charge in [-0.3, -0.25) is 4.79 Å². The number of hydrogen-bond donors (Lipinski definition) is 0. The highest BCUT2D eigenvalue weighted by atomic mass is 16.7. The van der Waals surface area contributed by atoms with Crippen molar-refractivity contribution < 1.29 is 14.3 Å². The standard InChI is InChI=1S/C17H19NO3.C2H6/c19-17(18-10-4-1-5-11-18)7-3-2-6-14-8-9-15-16(12-14)21-13-20-15;1-2/h2-3,6-9,12H,1,4-5,10-11,13H2;1-2H3/b6-2+,7-3+;. The lowest BCUT2D eigenvalue weighted by Crippen LogP contribution is -2.34. The predicted molar refractivity (Wildman–Crippen MR) is 92.5 cm³/mol. The monoisotopic (exact) mass is 315 g/mol. The Hall–Kier alpha value is -2.23. The van der Waals surface area contributed by atoms with Crippen molar-refractivity contribution in [2.24, 2.45) is 0 Å². The second-order valence-electron chi connectivity index (χ2n) is 5.22. The van der Waals surface area contributed by atoms with E-state index < -0.39 is 0 Å². The number of benzene rings is 1. The van der Waals surface area contributed by atoms with Crippen molar-refractivity contribution >= 4 is 12.0 Å². The van der Waals surface area contributed by atoms with Crippen LogP contribution in [0.3, 0.4) is 0 Å². The maximum atomic E-state index is 11.9. The lowest BCUT2D eigenvalue weighted by atomic mass is 10.1. The van der Waals surface area contributed by atoms with Gasteiger partial charge >= 0.3 is 0 Å². The molecule has 124 valence electrons. The number of likely N-dealkylation sites (tertiary alicyclic amines) is 1. The van der Waals surface area contributed by atoms with Crippen molar-refractivity contribution in [2.45, 2.75) is 33.1 Å². The third-order valence-corrected chi connectivity index (χ3v) is 3.70. The highest BCUT2D eigenvalue weighted by Crippen LogP contribution is 2.32. The Morgan fingerprint density at radius 1 is 1.04 bits per heavy atom. The quantitative estimate of drug-likeness (QED) is 0.624. The number of nitrogens with zero attached hydrogens (tertiary/aromatic N) is 1. The van der Waals surface area contributed by atoms with Crippen LogP contribution in [0.25, 0.3) is 6.08 Å². The van der Waals surface area contributed by atoms with E-state index in [4.69, 9.17) is 9.47 Å². The Balaban J connectivity index is 0.000000924. The summed E-state index contributed by atoms with van der Waals surface area (Å²) in [5.41, 5.74) is 1.02. The number of piperidine rings is 1. The van der Waals surface area contributed by atoms with Gasteiger partial charge in [-0.25, -0.2) is 0 Å². The molecule has 0 bridgehead atoms. The Kier molecular flexibility index (Phi) is 6.73. The van der Waals surface area contributed by atoms with E-state index in [0.29, 0.717) is 0 Å². The number of allylic oxidation sites excluding steroid dienone is 2. The fourth-order valence-electron chi connectivity index (χ4n) is 2.54. The van der Waals surface area contributed by atoms with Crippen LogP contribution in [-0.4, -0.2) is 30.7 Å². The maximum Gasteiger partial charge on any atom is 0.246 e. The molecule has 0 aliphatic carbocycles. The fourth-order valence-corrected chi connectivity index (χ4v) is 2.54. The Morgan fingerprint density at radius 2 is 1.78 bits per heavy atom. The molecule has 3 rings (SSSR count). The summed E-state index contributed by atoms with van der Waals surface area (Å²) in [6.45, 7) is 6.05. The van der Waals surface area contributed by atoms with Gasteiger partial charge in [0, 0.05) is 19.2 Å². The molecule has 1 aromatic carbocycles. The second-order valence-corrected chi connectivity index (χ2v) is 5.22. The molecule has 2 aliphatic heterocycles. The minimum Gasteiger partial charge on any atom is -0.454 e. The Bertz CT molecular complexity index is 572. The molecule has 1 aromatic rings. The van der Waals surface area contributed by atoms with Gasteiger partial charge in [0.05, 0.1) is 0 Å². The van der Waals surface area contributed by atoms with E-state index in [1.807, 2.05) is 49.1 Å². The summed E-state index contributed by atoms with van der Waals surface area (Å²) in [6, 6.07) is 5.79. The summed E-state index contributed by atoms with van der Waals surface area (Å²) < 4.78 is 10.6. The van der Waals surface area contributed by atoms with E-state index in [1.54, 1.807) is 12.2 Å². The molecule has 2 aliphatic rings. The van der Waals surface area contributed by atoms with E-state index in [-0.39, 0.29) is 12.7 Å². The first-order chi connectivity index (χ1) is 11.3. The van der Waals surface area contributed by atoms with Crippen LogP contribution in [0.2, 0.25) is 0 Å². The number of hydrogen-bond acceptors (Lipinski definition) is 3. The highest BCUT2D eigenvalue weighted by Gasteiger charge is 2.13. The van der Waals surface area contributed by atoms with Crippen LogP contribution in [0.1, 0.15) is 38.7 Å². The molecule has 1 saturated heterocycles. The predicted octanol–water partition coefficient (Wildman–Crippen LogP) is 4.02. The van der Waals surface area contributed by atoms with Gasteiger partial charge in [-0.05, 0) is 37.0 Å². The van der Waals surface area contributed by atoms with E-state index in [0.717, 1.165) is 43.0 Å². The molecule has 0 atom stereocenters. The van der Waals surface area contributed by atoms with Crippen molar-refractivity contribution in [3.63, 3.8) is 0 Å². The second kappa shape index (κ2) is 9.03. The third kappa shape index (κ3) is 4.88. The molecule has 2 heterocycles. The van der Waals surface area contributed by atoms with Crippen LogP contribution in [0.4, 0.5) is 0 Å². The molecule has 1 amide bonds. The topological polar surface area (TPSA) is 38.8 Å². The molecule has 0 aromatic heterocycles. The van der Waals surface area contributed by atoms with Crippen LogP contribution in [-0.2, 0) is 4.79 Å². The number of ether oxygens (including phenoxy) is 2. The highest BCUT2D eigenvalue weighted by molar-refractivity contribution is 5.88. The molecule has 0 saturated carbocycles. The number of carbonyl (C=O) groups is 1. The van der Waals surface area contributed by atoms with Gasteiger partial charge in [-0.15, -0.1) is 0 Å². The van der Waals surface area contributed by atoms with Gasteiger partial charge in [0.2, 0.25) is 12.7 Å². The van der Waals surface area contributed by atoms with Gasteiger partial charge in [-0.1, -0.05) is 38.1 Å². The van der Waals surface area contributed by atoms with E-state index >= 15 is 0 Å². The smallest absolute Gasteiger partial charge is 0.246 e. The molecule has 23 heavy (non-hydrogen) atoms.